The molecule has 0 N–H and O–H groups in total. The van der Waals surface area contributed by atoms with Gasteiger partial charge < -0.3 is 9.13 Å². The van der Waals surface area contributed by atoms with Crippen LogP contribution < -0.4 is 0 Å². The van der Waals surface area contributed by atoms with E-state index in [1.165, 1.54) is 6.07 Å². The van der Waals surface area contributed by atoms with Crippen molar-refractivity contribution >= 4 is 43.6 Å². The maximum atomic E-state index is 14.3. The van der Waals surface area contributed by atoms with Gasteiger partial charge in [0.25, 0.3) is 0 Å². The quantitative estimate of drug-likeness (QED) is 0.148. The molecule has 84 heavy (non-hydrogen) atoms. The van der Waals surface area contributed by atoms with Crippen molar-refractivity contribution in [1.29, 1.82) is 31.6 Å². The van der Waals surface area contributed by atoms with Crippen LogP contribution in [0.1, 0.15) is 38.9 Å². The first-order chi connectivity index (χ1) is 40.9. The summed E-state index contributed by atoms with van der Waals surface area (Å²) >= 11 is 0. The molecule has 13 aromatic rings. The van der Waals surface area contributed by atoms with Crippen LogP contribution in [0.5, 0.6) is 0 Å². The second-order valence-electron chi connectivity index (χ2n) is 20.3. The molecule has 8 nitrogen and oxygen atoms in total. The van der Waals surface area contributed by atoms with Gasteiger partial charge in [0, 0.05) is 32.7 Å². The van der Waals surface area contributed by atoms with E-state index in [9.17, 15) is 44.7 Å². The number of halogens is 3. The molecule has 2 aromatic heterocycles. The number of rotatable bonds is 8. The van der Waals surface area contributed by atoms with Crippen molar-refractivity contribution in [3.05, 3.63) is 263 Å². The molecule has 0 saturated heterocycles. The lowest BCUT2D eigenvalue weighted by molar-refractivity contribution is -0.137. The highest BCUT2D eigenvalue weighted by Gasteiger charge is 2.32. The van der Waals surface area contributed by atoms with Crippen molar-refractivity contribution in [3.63, 3.8) is 0 Å². The van der Waals surface area contributed by atoms with E-state index in [1.54, 1.807) is 36.4 Å². The first-order valence-corrected chi connectivity index (χ1v) is 26.5. The van der Waals surface area contributed by atoms with Crippen LogP contribution in [-0.2, 0) is 6.18 Å². The van der Waals surface area contributed by atoms with Gasteiger partial charge in [-0.2, -0.15) is 44.7 Å². The number of nitrogens with zero attached hydrogens (tertiary/aromatic N) is 8. The number of hydrogen-bond donors (Lipinski definition) is 0. The summed E-state index contributed by atoms with van der Waals surface area (Å²) in [7, 11) is 0. The Bertz CT molecular complexity index is 5000. The monoisotopic (exact) mass is 1080 g/mol. The van der Waals surface area contributed by atoms with Gasteiger partial charge in [-0.05, 0) is 189 Å². The van der Waals surface area contributed by atoms with Gasteiger partial charge in [-0.25, -0.2) is 0 Å². The molecular weight excluding hydrogens is 1050 g/mol. The molecule has 0 aliphatic rings. The molecule has 2 heterocycles. The van der Waals surface area contributed by atoms with Crippen molar-refractivity contribution in [2.75, 3.05) is 0 Å². The highest BCUT2D eigenvalue weighted by Crippen LogP contribution is 2.46. The lowest BCUT2D eigenvalue weighted by Gasteiger charge is -2.20. The van der Waals surface area contributed by atoms with Crippen LogP contribution in [0.3, 0.4) is 0 Å². The van der Waals surface area contributed by atoms with Crippen molar-refractivity contribution in [2.45, 2.75) is 6.18 Å². The number of fused-ring (bicyclic) bond motifs is 6. The molecule has 11 aromatic carbocycles. The fourth-order valence-corrected chi connectivity index (χ4v) is 11.6. The second kappa shape index (κ2) is 20.4. The Morgan fingerprint density at radius 2 is 0.631 bits per heavy atom. The van der Waals surface area contributed by atoms with Crippen LogP contribution in [-0.4, -0.2) is 9.13 Å². The van der Waals surface area contributed by atoms with Crippen LogP contribution in [0.2, 0.25) is 0 Å². The van der Waals surface area contributed by atoms with Crippen molar-refractivity contribution < 1.29 is 13.2 Å². The van der Waals surface area contributed by atoms with Gasteiger partial charge in [-0.1, -0.05) is 91.0 Å². The zero-order valence-electron chi connectivity index (χ0n) is 44.1. The summed E-state index contributed by atoms with van der Waals surface area (Å²) in [5.41, 5.74) is 14.4. The van der Waals surface area contributed by atoms with Gasteiger partial charge >= 0.3 is 6.18 Å². The van der Waals surface area contributed by atoms with Crippen LogP contribution in [0.4, 0.5) is 13.2 Å². The maximum Gasteiger partial charge on any atom is 0.416 e. The molecule has 0 spiro atoms. The zero-order valence-corrected chi connectivity index (χ0v) is 44.1. The Morgan fingerprint density at radius 1 is 0.274 bits per heavy atom. The van der Waals surface area contributed by atoms with Crippen molar-refractivity contribution in [3.8, 4) is 115 Å². The molecule has 0 saturated carbocycles. The molecule has 0 bridgehead atoms. The Hall–Kier alpha value is -12.3. The highest BCUT2D eigenvalue weighted by molar-refractivity contribution is 6.14. The lowest BCUT2D eigenvalue weighted by atomic mass is 9.92. The molecule has 0 radical (unpaired) electrons. The van der Waals surface area contributed by atoms with Gasteiger partial charge in [0.15, 0.2) is 0 Å². The largest absolute Gasteiger partial charge is 0.416 e. The Kier molecular flexibility index (Phi) is 12.5. The minimum atomic E-state index is -4.70. The molecule has 0 unspecified atom stereocenters. The molecule has 11 heteroatoms. The van der Waals surface area contributed by atoms with E-state index >= 15 is 0 Å². The molecule has 13 rings (SSSR count). The Morgan fingerprint density at radius 3 is 1.01 bits per heavy atom. The lowest BCUT2D eigenvalue weighted by Crippen LogP contribution is -2.05. The predicted molar refractivity (Wildman–Crippen MR) is 321 cm³/mol. The van der Waals surface area contributed by atoms with Crippen LogP contribution in [0, 0.1) is 68.0 Å². The summed E-state index contributed by atoms with van der Waals surface area (Å²) in [4.78, 5) is 0. The summed E-state index contributed by atoms with van der Waals surface area (Å²) in [6.07, 6.45) is -4.70. The van der Waals surface area contributed by atoms with Crippen LogP contribution in [0.25, 0.3) is 122 Å². The number of nitriles is 6. The van der Waals surface area contributed by atoms with Gasteiger partial charge in [-0.3, -0.25) is 0 Å². The Balaban J connectivity index is 1.12. The van der Waals surface area contributed by atoms with E-state index in [0.29, 0.717) is 55.9 Å². The fourth-order valence-electron chi connectivity index (χ4n) is 11.6. The molecular formula is C73H37F3N8. The Labute approximate surface area is 479 Å². The van der Waals surface area contributed by atoms with Crippen LogP contribution in [0.15, 0.2) is 224 Å². The van der Waals surface area contributed by atoms with Gasteiger partial charge in [0.2, 0.25) is 0 Å². The summed E-state index contributed by atoms with van der Waals surface area (Å²) < 4.78 is 47.0. The number of hydrogen-bond acceptors (Lipinski definition) is 6. The zero-order chi connectivity index (χ0) is 57.8. The minimum absolute atomic E-state index is 0.170. The topological polar surface area (TPSA) is 153 Å². The van der Waals surface area contributed by atoms with Crippen molar-refractivity contribution in [2.24, 2.45) is 0 Å². The molecule has 390 valence electrons. The van der Waals surface area contributed by atoms with E-state index in [2.05, 4.69) is 63.7 Å². The first kappa shape index (κ1) is 51.2. The van der Waals surface area contributed by atoms with E-state index in [4.69, 9.17) is 0 Å². The first-order valence-electron chi connectivity index (χ1n) is 26.5. The number of benzene rings is 11. The third-order valence-electron chi connectivity index (χ3n) is 15.5. The van der Waals surface area contributed by atoms with E-state index < -0.39 is 11.7 Å². The minimum Gasteiger partial charge on any atom is -0.309 e. The van der Waals surface area contributed by atoms with Gasteiger partial charge in [0.1, 0.15) is 0 Å². The molecule has 0 aliphatic heterocycles. The standard InChI is InChI=1S/C73H37F3N8/c74-73(75,76)59-19-21-60(58(32-59)43-82)57-18-26-67(83-68-22-14-53(49-9-1-5-44(27-49)38-77)33-63(68)64-34-54(15-23-69(64)83)50-10-2-6-45(28-50)39-78)62(37-57)61-20-13-48(42-81)31-72(61)84-70-24-16-55(51-11-3-7-46(29-51)40-79)35-65(70)66-36-56(17-25-71(66)84)52-12-4-8-47(30-52)41-80/h1-37H. The third kappa shape index (κ3) is 8.87. The summed E-state index contributed by atoms with van der Waals surface area (Å²) in [5, 5.41) is 64.3. The second-order valence-corrected chi connectivity index (χ2v) is 20.3. The SMILES string of the molecule is N#Cc1cccc(-c2ccc3c(c2)c2cc(-c4cccc(C#N)c4)ccc2n3-c2ccc(-c3ccc(C(F)(F)F)cc3C#N)cc2-c2ccc(C#N)cc2-n2c3ccc(-c4cccc(C#N)c4)cc3c3cc(-c4cccc(C#N)c4)ccc32)c1. The molecule has 0 amide bonds. The third-order valence-corrected chi connectivity index (χ3v) is 15.5. The van der Waals surface area contributed by atoms with Crippen LogP contribution >= 0.6 is 0 Å². The fraction of sp³-hybridized carbons (Fsp3) is 0.0137. The average Bonchev–Trinajstić information content (AvgIpc) is 4.25. The molecule has 0 atom stereocenters. The van der Waals surface area contributed by atoms with Gasteiger partial charge in [0.05, 0.1) is 109 Å². The average molecular weight is 1080 g/mol. The summed E-state index contributed by atoms with van der Waals surface area (Å²) in [5.74, 6) is 0. The highest BCUT2D eigenvalue weighted by atomic mass is 19.4. The summed E-state index contributed by atoms with van der Waals surface area (Å²) in [6.45, 7) is 0. The number of aromatic nitrogens is 2. The smallest absolute Gasteiger partial charge is 0.309 e. The van der Waals surface area contributed by atoms with Gasteiger partial charge in [-0.15, -0.1) is 0 Å². The maximum absolute atomic E-state index is 14.3. The van der Waals surface area contributed by atoms with E-state index in [1.807, 2.05) is 152 Å². The molecule has 0 fully saturated rings. The number of alkyl halides is 3. The molecule has 0 aliphatic carbocycles. The normalized spacial score (nSPS) is 11.2. The van der Waals surface area contributed by atoms with E-state index in [0.717, 1.165) is 100 Å². The summed E-state index contributed by atoms with van der Waals surface area (Å²) in [6, 6.07) is 81.6. The van der Waals surface area contributed by atoms with Crippen molar-refractivity contribution in [1.82, 2.24) is 9.13 Å². The predicted octanol–water partition coefficient (Wildman–Crippen LogP) is 18.1. The van der Waals surface area contributed by atoms with E-state index in [-0.39, 0.29) is 11.1 Å².